The van der Waals surface area contributed by atoms with E-state index in [-0.39, 0.29) is 12.2 Å². The predicted octanol–water partition coefficient (Wildman–Crippen LogP) is 9.00. The number of carbonyl (C=O) groups excluding carboxylic acids is 1. The van der Waals surface area contributed by atoms with Gasteiger partial charge in [0.2, 0.25) is 0 Å². The minimum Gasteiger partial charge on any atom is -0.489 e. The van der Waals surface area contributed by atoms with Gasteiger partial charge in [0, 0.05) is 21.3 Å². The van der Waals surface area contributed by atoms with Crippen molar-refractivity contribution >= 4 is 64.1 Å². The third-order valence-corrected chi connectivity index (χ3v) is 6.67. The summed E-state index contributed by atoms with van der Waals surface area (Å²) in [6.07, 6.45) is 1.43. The number of rotatable bonds is 9. The summed E-state index contributed by atoms with van der Waals surface area (Å²) in [6, 6.07) is 26.3. The number of amides is 1. The van der Waals surface area contributed by atoms with E-state index in [4.69, 9.17) is 55.9 Å². The van der Waals surface area contributed by atoms with Crippen molar-refractivity contribution < 1.29 is 14.3 Å². The molecular weight excluding hydrogens is 578 g/mol. The first-order valence-electron chi connectivity index (χ1n) is 11.6. The lowest BCUT2D eigenvalue weighted by atomic mass is 10.1. The van der Waals surface area contributed by atoms with Gasteiger partial charge in [-0.2, -0.15) is 5.26 Å². The highest BCUT2D eigenvalue weighted by Gasteiger charge is 2.13. The van der Waals surface area contributed by atoms with Crippen LogP contribution in [0.1, 0.15) is 16.7 Å². The van der Waals surface area contributed by atoms with Gasteiger partial charge >= 0.3 is 0 Å². The minimum atomic E-state index is -0.581. The van der Waals surface area contributed by atoms with Gasteiger partial charge in [0.15, 0.2) is 0 Å². The van der Waals surface area contributed by atoms with Gasteiger partial charge in [0.05, 0.1) is 10.0 Å². The molecule has 0 aliphatic carbocycles. The largest absolute Gasteiger partial charge is 0.489 e. The fourth-order valence-electron chi connectivity index (χ4n) is 3.44. The maximum absolute atomic E-state index is 12.9. The number of benzene rings is 4. The molecule has 0 bridgehead atoms. The Morgan fingerprint density at radius 2 is 1.44 bits per heavy atom. The molecule has 0 atom stereocenters. The Labute approximate surface area is 246 Å². The molecule has 0 heterocycles. The van der Waals surface area contributed by atoms with Gasteiger partial charge in [0.1, 0.15) is 36.4 Å². The molecule has 0 saturated heterocycles. The Balaban J connectivity index is 1.42. The predicted molar refractivity (Wildman–Crippen MR) is 157 cm³/mol. The summed E-state index contributed by atoms with van der Waals surface area (Å²) in [7, 11) is 0. The molecule has 0 fully saturated rings. The van der Waals surface area contributed by atoms with E-state index in [0.717, 1.165) is 11.1 Å². The monoisotopic (exact) mass is 596 g/mol. The van der Waals surface area contributed by atoms with E-state index >= 15 is 0 Å². The highest BCUT2D eigenvalue weighted by Crippen LogP contribution is 2.28. The van der Waals surface area contributed by atoms with Crippen molar-refractivity contribution in [2.45, 2.75) is 13.2 Å². The van der Waals surface area contributed by atoms with Crippen molar-refractivity contribution in [3.05, 3.63) is 127 Å². The number of ether oxygens (including phenoxy) is 2. The van der Waals surface area contributed by atoms with Crippen molar-refractivity contribution in [2.24, 2.45) is 0 Å². The van der Waals surface area contributed by atoms with Crippen LogP contribution in [0.25, 0.3) is 6.08 Å². The quantitative estimate of drug-likeness (QED) is 0.154. The van der Waals surface area contributed by atoms with E-state index in [1.54, 1.807) is 72.8 Å². The molecule has 5 nitrogen and oxygen atoms in total. The second-order valence-electron chi connectivity index (χ2n) is 8.28. The minimum absolute atomic E-state index is 0.125. The summed E-state index contributed by atoms with van der Waals surface area (Å²) in [5.41, 5.74) is 2.62. The molecule has 0 aliphatic heterocycles. The third-order valence-electron chi connectivity index (χ3n) is 5.45. The van der Waals surface area contributed by atoms with Crippen LogP contribution in [0.3, 0.4) is 0 Å². The Morgan fingerprint density at radius 1 is 0.769 bits per heavy atom. The van der Waals surface area contributed by atoms with Crippen LogP contribution in [-0.2, 0) is 18.0 Å². The number of anilines is 1. The number of hydrogen-bond acceptors (Lipinski definition) is 4. The lowest BCUT2D eigenvalue weighted by molar-refractivity contribution is -0.112. The van der Waals surface area contributed by atoms with Crippen LogP contribution in [0.15, 0.2) is 90.5 Å². The van der Waals surface area contributed by atoms with Gasteiger partial charge in [-0.25, -0.2) is 0 Å². The van der Waals surface area contributed by atoms with Crippen molar-refractivity contribution in [1.82, 2.24) is 0 Å². The highest BCUT2D eigenvalue weighted by molar-refractivity contribution is 6.42. The van der Waals surface area contributed by atoms with E-state index in [9.17, 15) is 10.1 Å². The Bertz CT molecular complexity index is 1550. The fraction of sp³-hybridized carbons (Fsp3) is 0.0667. The van der Waals surface area contributed by atoms with Crippen LogP contribution in [0, 0.1) is 11.3 Å². The molecule has 0 radical (unpaired) electrons. The summed E-state index contributed by atoms with van der Waals surface area (Å²) in [6.45, 7) is 0.569. The zero-order chi connectivity index (χ0) is 27.8. The van der Waals surface area contributed by atoms with Gasteiger partial charge in [-0.05, 0) is 83.9 Å². The Kier molecular flexibility index (Phi) is 9.75. The highest BCUT2D eigenvalue weighted by atomic mass is 35.5. The summed E-state index contributed by atoms with van der Waals surface area (Å²) in [5.74, 6) is 0.484. The smallest absolute Gasteiger partial charge is 0.266 e. The van der Waals surface area contributed by atoms with E-state index in [1.807, 2.05) is 18.2 Å². The first kappa shape index (κ1) is 28.4. The molecule has 196 valence electrons. The van der Waals surface area contributed by atoms with Crippen LogP contribution in [0.5, 0.6) is 11.5 Å². The van der Waals surface area contributed by atoms with Crippen LogP contribution in [0.2, 0.25) is 20.1 Å². The lowest BCUT2D eigenvalue weighted by Gasteiger charge is -2.11. The molecule has 1 amide bonds. The van der Waals surface area contributed by atoms with Crippen molar-refractivity contribution in [3.8, 4) is 17.6 Å². The third kappa shape index (κ3) is 8.16. The van der Waals surface area contributed by atoms with Crippen molar-refractivity contribution in [3.63, 3.8) is 0 Å². The van der Waals surface area contributed by atoms with Gasteiger partial charge < -0.3 is 14.8 Å². The molecule has 9 heteroatoms. The van der Waals surface area contributed by atoms with Crippen LogP contribution in [0.4, 0.5) is 5.69 Å². The second kappa shape index (κ2) is 13.4. The SMILES string of the molecule is N#C/C(=C\c1cc(Cl)ccc1OCc1ccc(Cl)c(Cl)c1)C(=O)Nc1ccc(OCc2ccc(Cl)cc2)cc1. The Morgan fingerprint density at radius 3 is 2.13 bits per heavy atom. The zero-order valence-corrected chi connectivity index (χ0v) is 23.3. The molecule has 0 aromatic heterocycles. The van der Waals surface area contributed by atoms with Gasteiger partial charge in [-0.1, -0.05) is 64.6 Å². The molecule has 0 saturated carbocycles. The fourth-order valence-corrected chi connectivity index (χ4v) is 4.07. The van der Waals surface area contributed by atoms with Crippen LogP contribution < -0.4 is 14.8 Å². The van der Waals surface area contributed by atoms with Gasteiger partial charge in [-0.3, -0.25) is 4.79 Å². The van der Waals surface area contributed by atoms with Crippen molar-refractivity contribution in [2.75, 3.05) is 5.32 Å². The van der Waals surface area contributed by atoms with E-state index in [0.29, 0.717) is 49.4 Å². The van der Waals surface area contributed by atoms with Crippen LogP contribution in [-0.4, -0.2) is 5.91 Å². The molecular formula is C30H20Cl4N2O3. The molecule has 4 aromatic rings. The lowest BCUT2D eigenvalue weighted by Crippen LogP contribution is -2.13. The van der Waals surface area contributed by atoms with E-state index in [1.165, 1.54) is 6.08 Å². The first-order valence-corrected chi connectivity index (χ1v) is 13.1. The number of nitrogens with zero attached hydrogens (tertiary/aromatic N) is 1. The molecule has 4 rings (SSSR count). The zero-order valence-electron chi connectivity index (χ0n) is 20.3. The Hall–Kier alpha value is -3.66. The number of hydrogen-bond donors (Lipinski definition) is 1. The topological polar surface area (TPSA) is 71.3 Å². The van der Waals surface area contributed by atoms with Crippen molar-refractivity contribution in [1.29, 1.82) is 5.26 Å². The molecule has 39 heavy (non-hydrogen) atoms. The normalized spacial score (nSPS) is 11.0. The number of halogens is 4. The number of nitriles is 1. The maximum atomic E-state index is 12.9. The summed E-state index contributed by atoms with van der Waals surface area (Å²) >= 11 is 24.1. The van der Waals surface area contributed by atoms with Gasteiger partial charge in [0.25, 0.3) is 5.91 Å². The molecule has 0 spiro atoms. The standard InChI is InChI=1S/C30H20Cl4N2O3/c31-23-4-1-19(2-5-23)17-38-26-9-7-25(8-10-26)36-30(37)22(16-35)14-21-15-24(32)6-12-29(21)39-18-20-3-11-27(33)28(34)13-20/h1-15H,17-18H2,(H,36,37)/b22-14+. The average Bonchev–Trinajstić information content (AvgIpc) is 2.93. The maximum Gasteiger partial charge on any atom is 0.266 e. The molecule has 1 N–H and O–H groups in total. The number of nitrogens with one attached hydrogen (secondary N) is 1. The molecule has 0 unspecified atom stereocenters. The number of carbonyl (C=O) groups is 1. The van der Waals surface area contributed by atoms with Crippen LogP contribution >= 0.6 is 46.4 Å². The average molecular weight is 598 g/mol. The van der Waals surface area contributed by atoms with E-state index < -0.39 is 5.91 Å². The molecule has 4 aromatic carbocycles. The summed E-state index contributed by atoms with van der Waals surface area (Å²) in [4.78, 5) is 12.9. The molecule has 0 aliphatic rings. The summed E-state index contributed by atoms with van der Waals surface area (Å²) < 4.78 is 11.7. The second-order valence-corrected chi connectivity index (χ2v) is 9.97. The first-order chi connectivity index (χ1) is 18.8. The van der Waals surface area contributed by atoms with E-state index in [2.05, 4.69) is 5.32 Å². The van der Waals surface area contributed by atoms with Gasteiger partial charge in [-0.15, -0.1) is 0 Å². The summed E-state index contributed by atoms with van der Waals surface area (Å²) in [5, 5.41) is 14.4.